The predicted molar refractivity (Wildman–Crippen MR) is 64.1 cm³/mol. The van der Waals surface area contributed by atoms with Crippen molar-refractivity contribution in [2.45, 2.75) is 19.4 Å². The van der Waals surface area contributed by atoms with Gasteiger partial charge in [0.05, 0.1) is 0 Å². The van der Waals surface area contributed by atoms with Gasteiger partial charge in [0.15, 0.2) is 0 Å². The van der Waals surface area contributed by atoms with E-state index < -0.39 is 0 Å². The van der Waals surface area contributed by atoms with Crippen molar-refractivity contribution in [1.29, 1.82) is 0 Å². The SMILES string of the molecule is CC[C@H]1CN(c2ccc(Br)cc2)C(=O)N1. The largest absolute Gasteiger partial charge is 0.333 e. The van der Waals surface area contributed by atoms with E-state index in [-0.39, 0.29) is 12.1 Å². The summed E-state index contributed by atoms with van der Waals surface area (Å²) in [6.45, 7) is 2.84. The first-order valence-corrected chi connectivity index (χ1v) is 5.83. The van der Waals surface area contributed by atoms with Crippen LogP contribution < -0.4 is 10.2 Å². The smallest absolute Gasteiger partial charge is 0.322 e. The molecule has 2 amide bonds. The van der Waals surface area contributed by atoms with E-state index in [1.807, 2.05) is 24.3 Å². The minimum absolute atomic E-state index is 0.00386. The van der Waals surface area contributed by atoms with E-state index in [4.69, 9.17) is 0 Å². The number of amides is 2. The molecule has 1 N–H and O–H groups in total. The molecule has 15 heavy (non-hydrogen) atoms. The molecule has 1 fully saturated rings. The van der Waals surface area contributed by atoms with Crippen LogP contribution >= 0.6 is 15.9 Å². The zero-order valence-corrected chi connectivity index (χ0v) is 10.1. The summed E-state index contributed by atoms with van der Waals surface area (Å²) in [7, 11) is 0. The number of hydrogen-bond donors (Lipinski definition) is 1. The van der Waals surface area contributed by atoms with Crippen LogP contribution in [0.1, 0.15) is 13.3 Å². The summed E-state index contributed by atoms with van der Waals surface area (Å²) in [6.07, 6.45) is 0.971. The molecule has 0 bridgehead atoms. The summed E-state index contributed by atoms with van der Waals surface area (Å²) in [5, 5.41) is 2.94. The van der Waals surface area contributed by atoms with Gasteiger partial charge in [0.1, 0.15) is 0 Å². The van der Waals surface area contributed by atoms with Gasteiger partial charge in [-0.2, -0.15) is 0 Å². The van der Waals surface area contributed by atoms with Gasteiger partial charge in [-0.15, -0.1) is 0 Å². The van der Waals surface area contributed by atoms with Crippen LogP contribution in [0.4, 0.5) is 10.5 Å². The van der Waals surface area contributed by atoms with Crippen LogP contribution in [0.5, 0.6) is 0 Å². The van der Waals surface area contributed by atoms with E-state index in [9.17, 15) is 4.79 Å². The molecule has 3 nitrogen and oxygen atoms in total. The first-order chi connectivity index (χ1) is 7.20. The maximum Gasteiger partial charge on any atom is 0.322 e. The van der Waals surface area contributed by atoms with Crippen molar-refractivity contribution in [2.24, 2.45) is 0 Å². The second-order valence-corrected chi connectivity index (χ2v) is 4.56. The highest BCUT2D eigenvalue weighted by atomic mass is 79.9. The average molecular weight is 269 g/mol. The number of urea groups is 1. The highest BCUT2D eigenvalue weighted by Crippen LogP contribution is 2.21. The number of carbonyl (C=O) groups excluding carboxylic acids is 1. The van der Waals surface area contributed by atoms with Gasteiger partial charge < -0.3 is 5.32 Å². The van der Waals surface area contributed by atoms with Crippen molar-refractivity contribution in [2.75, 3.05) is 11.4 Å². The van der Waals surface area contributed by atoms with E-state index in [0.29, 0.717) is 0 Å². The second-order valence-electron chi connectivity index (χ2n) is 3.64. The maximum absolute atomic E-state index is 11.6. The summed E-state index contributed by atoms with van der Waals surface area (Å²) in [5.41, 5.74) is 0.951. The third kappa shape index (κ3) is 2.15. The first-order valence-electron chi connectivity index (χ1n) is 5.04. The molecular formula is C11H13BrN2O. The molecule has 0 spiro atoms. The molecule has 0 unspecified atom stereocenters. The summed E-state index contributed by atoms with van der Waals surface area (Å²) >= 11 is 3.38. The molecule has 0 aliphatic carbocycles. The number of nitrogens with one attached hydrogen (secondary N) is 1. The normalized spacial score (nSPS) is 20.5. The Labute approximate surface area is 97.6 Å². The maximum atomic E-state index is 11.6. The highest BCUT2D eigenvalue weighted by Gasteiger charge is 2.28. The van der Waals surface area contributed by atoms with Crippen LogP contribution in [-0.4, -0.2) is 18.6 Å². The molecule has 4 heteroatoms. The second kappa shape index (κ2) is 4.23. The lowest BCUT2D eigenvalue weighted by molar-refractivity contribution is 0.250. The standard InChI is InChI=1S/C11H13BrN2O/c1-2-9-7-14(11(15)13-9)10-5-3-8(12)4-6-10/h3-6,9H,2,7H2,1H3,(H,13,15)/t9-/m0/s1. The van der Waals surface area contributed by atoms with Gasteiger partial charge >= 0.3 is 6.03 Å². The number of halogens is 1. The molecule has 1 aliphatic heterocycles. The predicted octanol–water partition coefficient (Wildman–Crippen LogP) is 2.76. The van der Waals surface area contributed by atoms with Gasteiger partial charge in [0.25, 0.3) is 0 Å². The third-order valence-electron chi connectivity index (χ3n) is 2.61. The van der Waals surface area contributed by atoms with Gasteiger partial charge in [0, 0.05) is 22.7 Å². The van der Waals surface area contributed by atoms with Crippen molar-refractivity contribution < 1.29 is 4.79 Å². The summed E-state index contributed by atoms with van der Waals surface area (Å²) in [4.78, 5) is 13.4. The van der Waals surface area contributed by atoms with Crippen LogP contribution in [0, 0.1) is 0 Å². The Morgan fingerprint density at radius 2 is 2.13 bits per heavy atom. The van der Waals surface area contributed by atoms with Gasteiger partial charge in [-0.1, -0.05) is 22.9 Å². The Hall–Kier alpha value is -1.03. The van der Waals surface area contributed by atoms with E-state index in [2.05, 4.69) is 28.2 Å². The van der Waals surface area contributed by atoms with Crippen molar-refractivity contribution >= 4 is 27.6 Å². The van der Waals surface area contributed by atoms with Gasteiger partial charge in [0.2, 0.25) is 0 Å². The molecule has 1 aromatic rings. The quantitative estimate of drug-likeness (QED) is 0.879. The molecule has 80 valence electrons. The number of nitrogens with zero attached hydrogens (tertiary/aromatic N) is 1. The molecule has 1 heterocycles. The van der Waals surface area contributed by atoms with Crippen LogP contribution in [0.25, 0.3) is 0 Å². The highest BCUT2D eigenvalue weighted by molar-refractivity contribution is 9.10. The monoisotopic (exact) mass is 268 g/mol. The minimum Gasteiger partial charge on any atom is -0.333 e. The van der Waals surface area contributed by atoms with Crippen LogP contribution in [0.2, 0.25) is 0 Å². The fraction of sp³-hybridized carbons (Fsp3) is 0.364. The van der Waals surface area contributed by atoms with Crippen molar-refractivity contribution in [3.05, 3.63) is 28.7 Å². The lowest BCUT2D eigenvalue weighted by atomic mass is 10.2. The van der Waals surface area contributed by atoms with E-state index in [0.717, 1.165) is 23.1 Å². The molecule has 1 atom stereocenters. The van der Waals surface area contributed by atoms with Crippen molar-refractivity contribution in [3.8, 4) is 0 Å². The number of anilines is 1. The molecular weight excluding hydrogens is 256 g/mol. The Bertz CT molecular complexity index is 363. The Morgan fingerprint density at radius 3 is 2.67 bits per heavy atom. The topological polar surface area (TPSA) is 32.3 Å². The van der Waals surface area contributed by atoms with E-state index >= 15 is 0 Å². The third-order valence-corrected chi connectivity index (χ3v) is 3.14. The van der Waals surface area contributed by atoms with Crippen LogP contribution in [0.3, 0.4) is 0 Å². The molecule has 1 saturated heterocycles. The fourth-order valence-corrected chi connectivity index (χ4v) is 1.94. The number of carbonyl (C=O) groups is 1. The fourth-order valence-electron chi connectivity index (χ4n) is 1.68. The summed E-state index contributed by atoms with van der Waals surface area (Å²) < 4.78 is 1.03. The lowest BCUT2D eigenvalue weighted by Crippen LogP contribution is -2.28. The van der Waals surface area contributed by atoms with Gasteiger partial charge in [-0.05, 0) is 30.7 Å². The number of benzene rings is 1. The average Bonchev–Trinajstić information content (AvgIpc) is 2.61. The number of hydrogen-bond acceptors (Lipinski definition) is 1. The van der Waals surface area contributed by atoms with E-state index in [1.165, 1.54) is 0 Å². The molecule has 0 saturated carbocycles. The Balaban J connectivity index is 2.18. The molecule has 0 radical (unpaired) electrons. The summed E-state index contributed by atoms with van der Waals surface area (Å²) in [6, 6.07) is 8.07. The molecule has 0 aromatic heterocycles. The molecule has 1 aliphatic rings. The zero-order valence-electron chi connectivity index (χ0n) is 8.53. The Morgan fingerprint density at radius 1 is 1.47 bits per heavy atom. The zero-order chi connectivity index (χ0) is 10.8. The van der Waals surface area contributed by atoms with Crippen molar-refractivity contribution in [3.63, 3.8) is 0 Å². The van der Waals surface area contributed by atoms with Gasteiger partial charge in [-0.25, -0.2) is 4.79 Å². The first kappa shape index (κ1) is 10.5. The van der Waals surface area contributed by atoms with Gasteiger partial charge in [-0.3, -0.25) is 4.90 Å². The van der Waals surface area contributed by atoms with Crippen LogP contribution in [-0.2, 0) is 0 Å². The van der Waals surface area contributed by atoms with Crippen molar-refractivity contribution in [1.82, 2.24) is 5.32 Å². The number of rotatable bonds is 2. The molecule has 2 rings (SSSR count). The summed E-state index contributed by atoms with van der Waals surface area (Å²) in [5.74, 6) is 0. The van der Waals surface area contributed by atoms with Crippen LogP contribution in [0.15, 0.2) is 28.7 Å². The minimum atomic E-state index is 0.00386. The molecule has 1 aromatic carbocycles. The Kier molecular flexibility index (Phi) is 2.95. The van der Waals surface area contributed by atoms with E-state index in [1.54, 1.807) is 4.90 Å². The lowest BCUT2D eigenvalue weighted by Gasteiger charge is -2.14.